The van der Waals surface area contributed by atoms with Gasteiger partial charge in [-0.05, 0) is 24.1 Å². The third-order valence-electron chi connectivity index (χ3n) is 1.88. The second-order valence-electron chi connectivity index (χ2n) is 2.68. The Morgan fingerprint density at radius 1 is 1.38 bits per heavy atom. The van der Waals surface area contributed by atoms with Gasteiger partial charge in [-0.15, -0.1) is 12.4 Å². The third-order valence-corrected chi connectivity index (χ3v) is 2.13. The van der Waals surface area contributed by atoms with Crippen LogP contribution in [0.5, 0.6) is 0 Å². The van der Waals surface area contributed by atoms with E-state index in [4.69, 9.17) is 17.4 Å². The van der Waals surface area contributed by atoms with Crippen LogP contribution < -0.4 is 11.3 Å². The Morgan fingerprint density at radius 2 is 1.92 bits per heavy atom. The van der Waals surface area contributed by atoms with Gasteiger partial charge in [-0.1, -0.05) is 30.7 Å². The highest BCUT2D eigenvalue weighted by Crippen LogP contribution is 2.17. The Bertz CT molecular complexity index is 232. The van der Waals surface area contributed by atoms with Crippen molar-refractivity contribution in [1.82, 2.24) is 5.43 Å². The molecule has 0 fully saturated rings. The van der Waals surface area contributed by atoms with Crippen molar-refractivity contribution in [2.75, 3.05) is 0 Å². The van der Waals surface area contributed by atoms with E-state index < -0.39 is 0 Å². The van der Waals surface area contributed by atoms with Crippen LogP contribution >= 0.6 is 24.0 Å². The summed E-state index contributed by atoms with van der Waals surface area (Å²) in [5, 5.41) is 0.755. The van der Waals surface area contributed by atoms with Gasteiger partial charge in [0.05, 0.1) is 0 Å². The summed E-state index contributed by atoms with van der Waals surface area (Å²) >= 11 is 5.75. The Hall–Kier alpha value is -0.280. The number of nitrogens with one attached hydrogen (secondary N) is 1. The zero-order chi connectivity index (χ0) is 8.97. The van der Waals surface area contributed by atoms with Gasteiger partial charge in [-0.25, -0.2) is 0 Å². The molecule has 0 aliphatic carbocycles. The quantitative estimate of drug-likeness (QED) is 0.608. The molecule has 0 saturated heterocycles. The van der Waals surface area contributed by atoms with Crippen LogP contribution in [0.2, 0.25) is 5.02 Å². The van der Waals surface area contributed by atoms with E-state index in [1.165, 1.54) is 5.56 Å². The number of benzene rings is 1. The van der Waals surface area contributed by atoms with Gasteiger partial charge in [0, 0.05) is 11.1 Å². The van der Waals surface area contributed by atoms with Crippen molar-refractivity contribution < 1.29 is 0 Å². The summed E-state index contributed by atoms with van der Waals surface area (Å²) in [6, 6.07) is 7.93. The molecule has 2 nitrogen and oxygen atoms in total. The second-order valence-corrected chi connectivity index (χ2v) is 3.12. The minimum Gasteiger partial charge on any atom is -0.271 e. The van der Waals surface area contributed by atoms with E-state index in [0.717, 1.165) is 11.4 Å². The van der Waals surface area contributed by atoms with E-state index >= 15 is 0 Å². The average molecular weight is 221 g/mol. The summed E-state index contributed by atoms with van der Waals surface area (Å²) in [4.78, 5) is 0. The maximum Gasteiger partial charge on any atom is 0.0457 e. The highest BCUT2D eigenvalue weighted by atomic mass is 35.5. The van der Waals surface area contributed by atoms with Crippen LogP contribution in [0.3, 0.4) is 0 Å². The number of hydrazine groups is 1. The lowest BCUT2D eigenvalue weighted by atomic mass is 10.1. The van der Waals surface area contributed by atoms with Crippen molar-refractivity contribution >= 4 is 24.0 Å². The van der Waals surface area contributed by atoms with E-state index in [1.54, 1.807) is 0 Å². The second kappa shape index (κ2) is 6.22. The maximum atomic E-state index is 5.75. The fraction of sp³-hybridized carbons (Fsp3) is 0.333. The minimum atomic E-state index is 0. The lowest BCUT2D eigenvalue weighted by Gasteiger charge is -2.13. The van der Waals surface area contributed by atoms with Gasteiger partial charge in [0.1, 0.15) is 0 Å². The highest BCUT2D eigenvalue weighted by molar-refractivity contribution is 6.30. The van der Waals surface area contributed by atoms with E-state index in [2.05, 4.69) is 12.3 Å². The summed E-state index contributed by atoms with van der Waals surface area (Å²) < 4.78 is 0. The van der Waals surface area contributed by atoms with E-state index in [0.29, 0.717) is 0 Å². The predicted molar refractivity (Wildman–Crippen MR) is 59.1 cm³/mol. The first-order valence-corrected chi connectivity index (χ1v) is 4.37. The van der Waals surface area contributed by atoms with Gasteiger partial charge in [-0.2, -0.15) is 0 Å². The molecule has 74 valence electrons. The van der Waals surface area contributed by atoms with Crippen LogP contribution in [0.1, 0.15) is 24.9 Å². The van der Waals surface area contributed by atoms with Crippen LogP contribution in [-0.4, -0.2) is 0 Å². The zero-order valence-corrected chi connectivity index (χ0v) is 9.03. The predicted octanol–water partition coefficient (Wildman–Crippen LogP) is 2.68. The Kier molecular flexibility index (Phi) is 6.08. The molecule has 1 aromatic rings. The molecular weight excluding hydrogens is 207 g/mol. The molecule has 0 aliphatic rings. The lowest BCUT2D eigenvalue weighted by Crippen LogP contribution is -2.27. The summed E-state index contributed by atoms with van der Waals surface area (Å²) in [5.41, 5.74) is 3.92. The molecule has 13 heavy (non-hydrogen) atoms. The van der Waals surface area contributed by atoms with Crippen molar-refractivity contribution in [2.24, 2.45) is 5.84 Å². The number of hydrogen-bond acceptors (Lipinski definition) is 2. The van der Waals surface area contributed by atoms with Crippen molar-refractivity contribution in [2.45, 2.75) is 19.4 Å². The monoisotopic (exact) mass is 220 g/mol. The average Bonchev–Trinajstić information content (AvgIpc) is 2.10. The first-order valence-electron chi connectivity index (χ1n) is 3.99. The lowest BCUT2D eigenvalue weighted by molar-refractivity contribution is 0.539. The first kappa shape index (κ1) is 12.7. The first-order chi connectivity index (χ1) is 5.77. The Balaban J connectivity index is 0.00000144. The molecule has 1 rings (SSSR count). The molecule has 0 radical (unpaired) electrons. The number of halogens is 2. The molecule has 1 aromatic carbocycles. The van der Waals surface area contributed by atoms with Crippen molar-refractivity contribution in [1.29, 1.82) is 0 Å². The molecule has 4 heteroatoms. The fourth-order valence-electron chi connectivity index (χ4n) is 1.14. The Morgan fingerprint density at radius 3 is 2.31 bits per heavy atom. The SMILES string of the molecule is CCC(NN)c1ccc(Cl)cc1.Cl. The maximum absolute atomic E-state index is 5.75. The van der Waals surface area contributed by atoms with Crippen LogP contribution in [-0.2, 0) is 0 Å². The molecule has 0 amide bonds. The molecule has 3 N–H and O–H groups in total. The molecule has 0 spiro atoms. The molecule has 0 heterocycles. The molecule has 0 aliphatic heterocycles. The van der Waals surface area contributed by atoms with Gasteiger partial charge in [0.15, 0.2) is 0 Å². The summed E-state index contributed by atoms with van der Waals surface area (Å²) in [6.45, 7) is 2.08. The van der Waals surface area contributed by atoms with Crippen molar-refractivity contribution in [3.8, 4) is 0 Å². The van der Waals surface area contributed by atoms with E-state index in [9.17, 15) is 0 Å². The highest BCUT2D eigenvalue weighted by Gasteiger charge is 2.05. The number of rotatable bonds is 3. The molecule has 0 saturated carbocycles. The van der Waals surface area contributed by atoms with Crippen LogP contribution in [0.15, 0.2) is 24.3 Å². The standard InChI is InChI=1S/C9H13ClN2.ClH/c1-2-9(12-11)7-3-5-8(10)6-4-7;/h3-6,9,12H,2,11H2,1H3;1H. The van der Waals surface area contributed by atoms with Gasteiger partial charge in [-0.3, -0.25) is 11.3 Å². The minimum absolute atomic E-state index is 0. The summed E-state index contributed by atoms with van der Waals surface area (Å²) in [7, 11) is 0. The molecule has 1 unspecified atom stereocenters. The summed E-state index contributed by atoms with van der Waals surface area (Å²) in [6.07, 6.45) is 0.970. The van der Waals surface area contributed by atoms with Crippen molar-refractivity contribution in [3.05, 3.63) is 34.9 Å². The van der Waals surface area contributed by atoms with Crippen LogP contribution in [0, 0.1) is 0 Å². The Labute approximate surface area is 89.8 Å². The normalized spacial score (nSPS) is 11.9. The van der Waals surface area contributed by atoms with Gasteiger partial charge in [0.25, 0.3) is 0 Å². The van der Waals surface area contributed by atoms with Gasteiger partial charge in [0.2, 0.25) is 0 Å². The topological polar surface area (TPSA) is 38.0 Å². The fourth-order valence-corrected chi connectivity index (χ4v) is 1.27. The van der Waals surface area contributed by atoms with Gasteiger partial charge >= 0.3 is 0 Å². The zero-order valence-electron chi connectivity index (χ0n) is 7.46. The molecule has 1 atom stereocenters. The van der Waals surface area contributed by atoms with Crippen LogP contribution in [0.4, 0.5) is 0 Å². The van der Waals surface area contributed by atoms with Crippen molar-refractivity contribution in [3.63, 3.8) is 0 Å². The molecule has 0 bridgehead atoms. The number of nitrogens with two attached hydrogens (primary N) is 1. The summed E-state index contributed by atoms with van der Waals surface area (Å²) in [5.74, 6) is 5.37. The van der Waals surface area contributed by atoms with E-state index in [-0.39, 0.29) is 18.4 Å². The van der Waals surface area contributed by atoms with Gasteiger partial charge < -0.3 is 0 Å². The largest absolute Gasteiger partial charge is 0.271 e. The molecule has 0 aromatic heterocycles. The third kappa shape index (κ3) is 3.53. The van der Waals surface area contributed by atoms with E-state index in [1.807, 2.05) is 24.3 Å². The molecular formula is C9H14Cl2N2. The van der Waals surface area contributed by atoms with Crippen LogP contribution in [0.25, 0.3) is 0 Å². The smallest absolute Gasteiger partial charge is 0.0457 e. The number of hydrogen-bond donors (Lipinski definition) is 2.